The summed E-state index contributed by atoms with van der Waals surface area (Å²) in [4.78, 5) is 25.0. The second kappa shape index (κ2) is 8.58. The van der Waals surface area contributed by atoms with Gasteiger partial charge in [-0.15, -0.1) is 0 Å². The highest BCUT2D eigenvalue weighted by Crippen LogP contribution is 2.21. The molecule has 0 fully saturated rings. The van der Waals surface area contributed by atoms with Gasteiger partial charge in [0, 0.05) is 11.6 Å². The summed E-state index contributed by atoms with van der Waals surface area (Å²) in [5.74, 6) is 0.564. The van der Waals surface area contributed by atoms with Gasteiger partial charge in [-0.1, -0.05) is 18.2 Å². The topological polar surface area (TPSA) is 76.7 Å². The highest BCUT2D eigenvalue weighted by atomic mass is 16.5. The van der Waals surface area contributed by atoms with Crippen molar-refractivity contribution in [3.63, 3.8) is 0 Å². The quantitative estimate of drug-likeness (QED) is 0.814. The molecule has 0 aliphatic carbocycles. The van der Waals surface area contributed by atoms with Gasteiger partial charge in [-0.05, 0) is 52.0 Å². The first-order chi connectivity index (χ1) is 12.7. The number of anilines is 1. The maximum Gasteiger partial charge on any atom is 0.265 e. The Bertz CT molecular complexity index is 812. The fourth-order valence-electron chi connectivity index (χ4n) is 2.36. The van der Waals surface area contributed by atoms with Crippen LogP contribution in [0.4, 0.5) is 5.69 Å². The number of carbonyl (C=O) groups is 2. The fourth-order valence-corrected chi connectivity index (χ4v) is 2.36. The average Bonchev–Trinajstić information content (AvgIpc) is 2.60. The molecule has 2 N–H and O–H groups in total. The molecule has 0 aliphatic rings. The summed E-state index contributed by atoms with van der Waals surface area (Å²) in [5.41, 5.74) is 0.455. The fraction of sp³-hybridized carbons (Fsp3) is 0.333. The van der Waals surface area contributed by atoms with Crippen molar-refractivity contribution in [3.8, 4) is 11.5 Å². The maximum absolute atomic E-state index is 12.5. The van der Waals surface area contributed by atoms with Crippen molar-refractivity contribution in [2.24, 2.45) is 0 Å². The third-order valence-corrected chi connectivity index (χ3v) is 3.64. The van der Waals surface area contributed by atoms with Crippen LogP contribution in [0, 0.1) is 0 Å². The molecule has 2 aromatic carbocycles. The van der Waals surface area contributed by atoms with Crippen molar-refractivity contribution < 1.29 is 19.1 Å². The van der Waals surface area contributed by atoms with Crippen LogP contribution in [-0.4, -0.2) is 30.6 Å². The largest absolute Gasteiger partial charge is 0.497 e. The predicted molar refractivity (Wildman–Crippen MR) is 105 cm³/mol. The summed E-state index contributed by atoms with van der Waals surface area (Å²) in [6.45, 7) is 7.34. The van der Waals surface area contributed by atoms with Crippen LogP contribution in [0.15, 0.2) is 48.5 Å². The van der Waals surface area contributed by atoms with E-state index in [9.17, 15) is 9.59 Å². The molecule has 27 heavy (non-hydrogen) atoms. The Morgan fingerprint density at radius 3 is 2.33 bits per heavy atom. The van der Waals surface area contributed by atoms with Crippen molar-refractivity contribution in [2.75, 3.05) is 12.4 Å². The molecule has 0 aromatic heterocycles. The van der Waals surface area contributed by atoms with Gasteiger partial charge in [0.1, 0.15) is 11.5 Å². The third kappa shape index (κ3) is 6.02. The molecule has 0 bridgehead atoms. The van der Waals surface area contributed by atoms with Crippen LogP contribution < -0.4 is 20.1 Å². The van der Waals surface area contributed by atoms with Gasteiger partial charge in [-0.3, -0.25) is 9.59 Å². The summed E-state index contributed by atoms with van der Waals surface area (Å²) in [5, 5.41) is 5.67. The molecule has 144 valence electrons. The standard InChI is InChI=1S/C21H26N2O4/c1-14(27-16-10-8-9-15(13-16)26-5)19(24)22-18-12-7-6-11-17(18)20(25)23-21(2,3)4/h6-14H,1-5H3,(H,22,24)(H,23,25)/t14-/m0/s1. The van der Waals surface area contributed by atoms with Gasteiger partial charge in [-0.25, -0.2) is 0 Å². The van der Waals surface area contributed by atoms with Crippen LogP contribution in [0.3, 0.4) is 0 Å². The molecule has 0 spiro atoms. The van der Waals surface area contributed by atoms with Crippen LogP contribution in [0.5, 0.6) is 11.5 Å². The Kier molecular flexibility index (Phi) is 6.45. The highest BCUT2D eigenvalue weighted by molar-refractivity contribution is 6.04. The van der Waals surface area contributed by atoms with E-state index in [0.717, 1.165) is 0 Å². The van der Waals surface area contributed by atoms with Crippen LogP contribution in [0.25, 0.3) is 0 Å². The second-order valence-electron chi connectivity index (χ2n) is 7.18. The van der Waals surface area contributed by atoms with E-state index in [1.165, 1.54) is 0 Å². The number of rotatable bonds is 6. The summed E-state index contributed by atoms with van der Waals surface area (Å²) < 4.78 is 10.8. The number of hydrogen-bond donors (Lipinski definition) is 2. The minimum atomic E-state index is -0.754. The van der Waals surface area contributed by atoms with E-state index in [0.29, 0.717) is 22.7 Å². The number of amides is 2. The number of nitrogens with one attached hydrogen (secondary N) is 2. The molecule has 6 nitrogen and oxygen atoms in total. The van der Waals surface area contributed by atoms with Gasteiger partial charge >= 0.3 is 0 Å². The van der Waals surface area contributed by atoms with Gasteiger partial charge in [0.2, 0.25) is 0 Å². The molecule has 6 heteroatoms. The minimum absolute atomic E-state index is 0.250. The highest BCUT2D eigenvalue weighted by Gasteiger charge is 2.21. The number of para-hydroxylation sites is 1. The minimum Gasteiger partial charge on any atom is -0.497 e. The lowest BCUT2D eigenvalue weighted by Gasteiger charge is -2.22. The lowest BCUT2D eigenvalue weighted by atomic mass is 10.1. The van der Waals surface area contributed by atoms with Gasteiger partial charge < -0.3 is 20.1 Å². The Balaban J connectivity index is 2.09. The zero-order chi connectivity index (χ0) is 20.0. The maximum atomic E-state index is 12.5. The SMILES string of the molecule is COc1cccc(O[C@@H](C)C(=O)Nc2ccccc2C(=O)NC(C)(C)C)c1. The van der Waals surface area contributed by atoms with Crippen LogP contribution in [0.1, 0.15) is 38.1 Å². The van der Waals surface area contributed by atoms with Gasteiger partial charge in [0.25, 0.3) is 11.8 Å². The third-order valence-electron chi connectivity index (χ3n) is 3.64. The summed E-state index contributed by atoms with van der Waals surface area (Å²) >= 11 is 0. The molecule has 0 saturated heterocycles. The van der Waals surface area contributed by atoms with E-state index in [2.05, 4.69) is 10.6 Å². The normalized spacial score (nSPS) is 12.0. The summed E-state index contributed by atoms with van der Waals surface area (Å²) in [6.07, 6.45) is -0.754. The molecule has 0 aliphatic heterocycles. The van der Waals surface area contributed by atoms with Crippen molar-refractivity contribution >= 4 is 17.5 Å². The van der Waals surface area contributed by atoms with E-state index in [4.69, 9.17) is 9.47 Å². The molecular formula is C21H26N2O4. The number of ether oxygens (including phenoxy) is 2. The Labute approximate surface area is 159 Å². The molecule has 0 radical (unpaired) electrons. The molecule has 2 aromatic rings. The molecular weight excluding hydrogens is 344 g/mol. The molecule has 0 saturated carbocycles. The first-order valence-electron chi connectivity index (χ1n) is 8.73. The zero-order valence-corrected chi connectivity index (χ0v) is 16.3. The van der Waals surface area contributed by atoms with Gasteiger partial charge in [-0.2, -0.15) is 0 Å². The average molecular weight is 370 g/mol. The molecule has 1 atom stereocenters. The van der Waals surface area contributed by atoms with E-state index < -0.39 is 6.10 Å². The van der Waals surface area contributed by atoms with E-state index in [1.807, 2.05) is 20.8 Å². The summed E-state index contributed by atoms with van der Waals surface area (Å²) in [7, 11) is 1.56. The zero-order valence-electron chi connectivity index (χ0n) is 16.3. The molecule has 0 unspecified atom stereocenters. The van der Waals surface area contributed by atoms with Crippen LogP contribution in [0.2, 0.25) is 0 Å². The number of hydrogen-bond acceptors (Lipinski definition) is 4. The van der Waals surface area contributed by atoms with E-state index in [-0.39, 0.29) is 17.4 Å². The Morgan fingerprint density at radius 1 is 1.00 bits per heavy atom. The first-order valence-corrected chi connectivity index (χ1v) is 8.73. The smallest absolute Gasteiger partial charge is 0.265 e. The van der Waals surface area contributed by atoms with E-state index in [1.54, 1.807) is 62.6 Å². The molecule has 2 rings (SSSR count). The second-order valence-corrected chi connectivity index (χ2v) is 7.18. The number of benzene rings is 2. The lowest BCUT2D eigenvalue weighted by molar-refractivity contribution is -0.122. The van der Waals surface area contributed by atoms with Gasteiger partial charge in [0.15, 0.2) is 6.10 Å². The first kappa shape index (κ1) is 20.3. The lowest BCUT2D eigenvalue weighted by Crippen LogP contribution is -2.41. The van der Waals surface area contributed by atoms with Crippen LogP contribution >= 0.6 is 0 Å². The molecule has 2 amide bonds. The van der Waals surface area contributed by atoms with Gasteiger partial charge in [0.05, 0.1) is 18.4 Å². The number of methoxy groups -OCH3 is 1. The van der Waals surface area contributed by atoms with Crippen LogP contribution in [-0.2, 0) is 4.79 Å². The molecule has 0 heterocycles. The van der Waals surface area contributed by atoms with Crippen molar-refractivity contribution in [2.45, 2.75) is 39.3 Å². The Hall–Kier alpha value is -3.02. The predicted octanol–water partition coefficient (Wildman–Crippen LogP) is 3.63. The van der Waals surface area contributed by atoms with E-state index >= 15 is 0 Å². The van der Waals surface area contributed by atoms with Crippen molar-refractivity contribution in [3.05, 3.63) is 54.1 Å². The summed E-state index contributed by atoms with van der Waals surface area (Å²) in [6, 6.07) is 13.9. The Morgan fingerprint density at radius 2 is 1.67 bits per heavy atom. The van der Waals surface area contributed by atoms with Crippen molar-refractivity contribution in [1.29, 1.82) is 0 Å². The monoisotopic (exact) mass is 370 g/mol. The van der Waals surface area contributed by atoms with Crippen molar-refractivity contribution in [1.82, 2.24) is 5.32 Å². The number of carbonyl (C=O) groups excluding carboxylic acids is 2.